The molecule has 24 heavy (non-hydrogen) atoms. The molecule has 118 valence electrons. The van der Waals surface area contributed by atoms with E-state index in [-0.39, 0.29) is 5.82 Å². The lowest BCUT2D eigenvalue weighted by molar-refractivity contribution is 0.100. The van der Waals surface area contributed by atoms with E-state index in [0.29, 0.717) is 12.1 Å². The maximum absolute atomic E-state index is 13.5. The number of para-hydroxylation sites is 1. The van der Waals surface area contributed by atoms with Gasteiger partial charge in [0.1, 0.15) is 5.82 Å². The molecule has 2 N–H and O–H groups in total. The Bertz CT molecular complexity index is 1080. The molecule has 0 spiro atoms. The first kappa shape index (κ1) is 14.5. The molecule has 1 amide bonds. The van der Waals surface area contributed by atoms with Gasteiger partial charge in [-0.15, -0.1) is 0 Å². The molecule has 4 heteroatoms. The number of carbonyl (C=O) groups excluding carboxylic acids is 1. The summed E-state index contributed by atoms with van der Waals surface area (Å²) in [6, 6.07) is 19.9. The van der Waals surface area contributed by atoms with Gasteiger partial charge in [0, 0.05) is 28.4 Å². The number of primary amides is 1. The van der Waals surface area contributed by atoms with E-state index in [0.717, 1.165) is 27.4 Å². The lowest BCUT2D eigenvalue weighted by Gasteiger charge is -2.08. The zero-order valence-corrected chi connectivity index (χ0v) is 12.9. The predicted molar refractivity (Wildman–Crippen MR) is 93.5 cm³/mol. The van der Waals surface area contributed by atoms with E-state index in [4.69, 9.17) is 5.73 Å². The average molecular weight is 318 g/mol. The summed E-state index contributed by atoms with van der Waals surface area (Å²) < 4.78 is 15.6. The standard InChI is InChI=1S/C20H15FN2O/c21-14-6-3-5-13(11-14)12-23-17-9-2-1-7-15(17)19-16(20(22)24)8-4-10-18(19)23/h1-11H,12H2,(H2,22,24). The topological polar surface area (TPSA) is 48.0 Å². The SMILES string of the molecule is NC(=O)c1cccc2c1c1ccccc1n2Cc1cccc(F)c1. The van der Waals surface area contributed by atoms with Crippen LogP contribution in [0.1, 0.15) is 15.9 Å². The number of halogens is 1. The molecule has 0 radical (unpaired) electrons. The van der Waals surface area contributed by atoms with Crippen molar-refractivity contribution in [3.63, 3.8) is 0 Å². The van der Waals surface area contributed by atoms with Crippen molar-refractivity contribution in [3.8, 4) is 0 Å². The second-order valence-electron chi connectivity index (χ2n) is 5.80. The Kier molecular flexibility index (Phi) is 3.31. The molecule has 4 rings (SSSR count). The maximum Gasteiger partial charge on any atom is 0.249 e. The van der Waals surface area contributed by atoms with Gasteiger partial charge in [0.2, 0.25) is 5.91 Å². The maximum atomic E-state index is 13.5. The van der Waals surface area contributed by atoms with Crippen LogP contribution in [0.2, 0.25) is 0 Å². The lowest BCUT2D eigenvalue weighted by atomic mass is 10.1. The van der Waals surface area contributed by atoms with Crippen molar-refractivity contribution < 1.29 is 9.18 Å². The first-order valence-electron chi connectivity index (χ1n) is 7.69. The van der Waals surface area contributed by atoms with Crippen molar-refractivity contribution in [3.05, 3.63) is 83.7 Å². The number of carbonyl (C=O) groups is 1. The average Bonchev–Trinajstić information content (AvgIpc) is 2.89. The van der Waals surface area contributed by atoms with Crippen LogP contribution in [0.4, 0.5) is 4.39 Å². The highest BCUT2D eigenvalue weighted by Crippen LogP contribution is 2.32. The lowest BCUT2D eigenvalue weighted by Crippen LogP contribution is -2.11. The molecule has 0 saturated carbocycles. The van der Waals surface area contributed by atoms with Gasteiger partial charge >= 0.3 is 0 Å². The highest BCUT2D eigenvalue weighted by atomic mass is 19.1. The molecule has 0 aliphatic heterocycles. The summed E-state index contributed by atoms with van der Waals surface area (Å²) in [5.41, 5.74) is 8.82. The number of fused-ring (bicyclic) bond motifs is 3. The van der Waals surface area contributed by atoms with E-state index in [2.05, 4.69) is 4.57 Å². The summed E-state index contributed by atoms with van der Waals surface area (Å²) in [6.07, 6.45) is 0. The Labute approximate surface area is 138 Å². The van der Waals surface area contributed by atoms with E-state index in [1.54, 1.807) is 12.1 Å². The van der Waals surface area contributed by atoms with Crippen LogP contribution in [-0.2, 0) is 6.54 Å². The van der Waals surface area contributed by atoms with Crippen molar-refractivity contribution in [1.29, 1.82) is 0 Å². The van der Waals surface area contributed by atoms with Crippen LogP contribution in [0.25, 0.3) is 21.8 Å². The Morgan fingerprint density at radius 2 is 1.71 bits per heavy atom. The molecule has 0 saturated heterocycles. The third-order valence-corrected chi connectivity index (χ3v) is 4.29. The fourth-order valence-corrected chi connectivity index (χ4v) is 3.29. The molecule has 0 unspecified atom stereocenters. The Balaban J connectivity index is 2.03. The van der Waals surface area contributed by atoms with Crippen molar-refractivity contribution in [2.45, 2.75) is 6.54 Å². The normalized spacial score (nSPS) is 11.2. The molecular formula is C20H15FN2O. The quantitative estimate of drug-likeness (QED) is 0.608. The first-order valence-corrected chi connectivity index (χ1v) is 7.69. The summed E-state index contributed by atoms with van der Waals surface area (Å²) in [5.74, 6) is -0.708. The van der Waals surface area contributed by atoms with Crippen molar-refractivity contribution in [2.75, 3.05) is 0 Å². The highest BCUT2D eigenvalue weighted by Gasteiger charge is 2.16. The zero-order chi connectivity index (χ0) is 16.7. The Morgan fingerprint density at radius 3 is 2.50 bits per heavy atom. The highest BCUT2D eigenvalue weighted by molar-refractivity contribution is 6.17. The van der Waals surface area contributed by atoms with Crippen molar-refractivity contribution in [2.24, 2.45) is 5.73 Å². The minimum absolute atomic E-state index is 0.258. The summed E-state index contributed by atoms with van der Waals surface area (Å²) in [5, 5.41) is 1.82. The molecule has 3 aromatic carbocycles. The minimum Gasteiger partial charge on any atom is -0.366 e. The molecule has 3 nitrogen and oxygen atoms in total. The summed E-state index contributed by atoms with van der Waals surface area (Å²) >= 11 is 0. The third-order valence-electron chi connectivity index (χ3n) is 4.29. The fourth-order valence-electron chi connectivity index (χ4n) is 3.29. The van der Waals surface area contributed by atoms with E-state index in [1.165, 1.54) is 12.1 Å². The molecule has 1 aromatic heterocycles. The van der Waals surface area contributed by atoms with Gasteiger partial charge in [0.05, 0.1) is 5.52 Å². The first-order chi connectivity index (χ1) is 11.6. The van der Waals surface area contributed by atoms with Crippen LogP contribution in [0.3, 0.4) is 0 Å². The number of benzene rings is 3. The number of hydrogen-bond acceptors (Lipinski definition) is 1. The number of hydrogen-bond donors (Lipinski definition) is 1. The van der Waals surface area contributed by atoms with Crippen LogP contribution in [-0.4, -0.2) is 10.5 Å². The van der Waals surface area contributed by atoms with Gasteiger partial charge in [-0.1, -0.05) is 36.4 Å². The van der Waals surface area contributed by atoms with Crippen LogP contribution in [0.5, 0.6) is 0 Å². The van der Waals surface area contributed by atoms with Gasteiger partial charge < -0.3 is 10.3 Å². The monoisotopic (exact) mass is 318 g/mol. The van der Waals surface area contributed by atoms with Gasteiger partial charge in [0.25, 0.3) is 0 Å². The van der Waals surface area contributed by atoms with Crippen LogP contribution in [0.15, 0.2) is 66.7 Å². The second-order valence-corrected chi connectivity index (χ2v) is 5.80. The summed E-state index contributed by atoms with van der Waals surface area (Å²) in [6.45, 7) is 0.518. The smallest absolute Gasteiger partial charge is 0.249 e. The zero-order valence-electron chi connectivity index (χ0n) is 12.9. The molecule has 0 aliphatic rings. The number of amides is 1. The largest absolute Gasteiger partial charge is 0.366 e. The number of nitrogens with zero attached hydrogens (tertiary/aromatic N) is 1. The van der Waals surface area contributed by atoms with Gasteiger partial charge in [-0.3, -0.25) is 4.79 Å². The molecule has 1 heterocycles. The number of aromatic nitrogens is 1. The fraction of sp³-hybridized carbons (Fsp3) is 0.0500. The van der Waals surface area contributed by atoms with Gasteiger partial charge in [0.15, 0.2) is 0 Å². The van der Waals surface area contributed by atoms with Crippen LogP contribution >= 0.6 is 0 Å². The summed E-state index contributed by atoms with van der Waals surface area (Å²) in [7, 11) is 0. The van der Waals surface area contributed by atoms with Crippen LogP contribution < -0.4 is 5.73 Å². The van der Waals surface area contributed by atoms with Crippen molar-refractivity contribution in [1.82, 2.24) is 4.57 Å². The third kappa shape index (κ3) is 2.24. The summed E-state index contributed by atoms with van der Waals surface area (Å²) in [4.78, 5) is 11.8. The number of rotatable bonds is 3. The molecule has 0 atom stereocenters. The van der Waals surface area contributed by atoms with E-state index >= 15 is 0 Å². The van der Waals surface area contributed by atoms with Gasteiger partial charge in [-0.05, 0) is 35.9 Å². The van der Waals surface area contributed by atoms with Gasteiger partial charge in [-0.25, -0.2) is 4.39 Å². The van der Waals surface area contributed by atoms with Crippen molar-refractivity contribution >= 4 is 27.7 Å². The Hall–Kier alpha value is -3.14. The molecule has 0 fully saturated rings. The molecule has 0 bridgehead atoms. The van der Waals surface area contributed by atoms with E-state index < -0.39 is 5.91 Å². The molecule has 4 aromatic rings. The minimum atomic E-state index is -0.450. The van der Waals surface area contributed by atoms with Crippen LogP contribution in [0, 0.1) is 5.82 Å². The number of nitrogens with two attached hydrogens (primary N) is 1. The molecular weight excluding hydrogens is 303 g/mol. The Morgan fingerprint density at radius 1 is 0.958 bits per heavy atom. The second kappa shape index (κ2) is 5.49. The van der Waals surface area contributed by atoms with Gasteiger partial charge in [-0.2, -0.15) is 0 Å². The van der Waals surface area contributed by atoms with E-state index in [9.17, 15) is 9.18 Å². The van der Waals surface area contributed by atoms with E-state index in [1.807, 2.05) is 42.5 Å². The predicted octanol–water partition coefficient (Wildman–Crippen LogP) is 4.08. The molecule has 0 aliphatic carbocycles.